The third-order valence-corrected chi connectivity index (χ3v) is 9.33. The Bertz CT molecular complexity index is 1300. The lowest BCUT2D eigenvalue weighted by Crippen LogP contribution is -2.24. The highest BCUT2D eigenvalue weighted by atomic mass is 32.2. The van der Waals surface area contributed by atoms with Crippen molar-refractivity contribution in [2.24, 2.45) is 0 Å². The Morgan fingerprint density at radius 2 is 1.36 bits per heavy atom. The average molecular weight is 468 g/mol. The molecule has 0 radical (unpaired) electrons. The smallest absolute Gasteiger partial charge is 0.168 e. The van der Waals surface area contributed by atoms with E-state index in [1.165, 1.54) is 27.0 Å². The van der Waals surface area contributed by atoms with E-state index < -0.39 is 7.92 Å². The van der Waals surface area contributed by atoms with E-state index in [0.29, 0.717) is 5.25 Å². The molecule has 2 nitrogen and oxygen atoms in total. The molecule has 33 heavy (non-hydrogen) atoms. The van der Waals surface area contributed by atoms with Crippen LogP contribution in [0.2, 0.25) is 0 Å². The molecule has 1 atom stereocenters. The van der Waals surface area contributed by atoms with Gasteiger partial charge in [-0.25, -0.2) is 17.1 Å². The molecule has 0 aliphatic heterocycles. The minimum Gasteiger partial charge on any atom is -0.323 e. The summed E-state index contributed by atoms with van der Waals surface area (Å²) in [6, 6.07) is 37.4. The molecule has 4 aromatic carbocycles. The fourth-order valence-electron chi connectivity index (χ4n) is 4.39. The number of nitrogens with zero attached hydrogens (tertiary/aromatic N) is 2. The molecule has 5 rings (SSSR count). The van der Waals surface area contributed by atoms with Crippen LogP contribution in [0.4, 0.5) is 0 Å². The van der Waals surface area contributed by atoms with Crippen LogP contribution < -0.4 is 15.9 Å². The Morgan fingerprint density at radius 3 is 2.00 bits per heavy atom. The molecule has 5 aromatic rings. The van der Waals surface area contributed by atoms with E-state index in [-0.39, 0.29) is 6.04 Å². The molecule has 0 aliphatic carbocycles. The van der Waals surface area contributed by atoms with E-state index in [0.717, 1.165) is 10.7 Å². The van der Waals surface area contributed by atoms with E-state index >= 15 is 0 Å². The molecule has 0 saturated heterocycles. The number of aromatic nitrogens is 2. The van der Waals surface area contributed by atoms with Crippen molar-refractivity contribution < 1.29 is 0 Å². The quantitative estimate of drug-likeness (QED) is 0.152. The molecular formula is C29H28N2PS-. The van der Waals surface area contributed by atoms with Crippen molar-refractivity contribution in [1.29, 1.82) is 0 Å². The topological polar surface area (TPSA) is 17.8 Å². The Kier molecular flexibility index (Phi) is 6.44. The van der Waals surface area contributed by atoms with Gasteiger partial charge in [-0.2, -0.15) is 6.07 Å². The minimum absolute atomic E-state index is 0.182. The van der Waals surface area contributed by atoms with Crippen molar-refractivity contribution in [3.8, 4) is 0 Å². The number of para-hydroxylation sites is 2. The Balaban J connectivity index is 1.66. The van der Waals surface area contributed by atoms with Crippen LogP contribution in [0.5, 0.6) is 0 Å². The van der Waals surface area contributed by atoms with Crippen LogP contribution in [0.3, 0.4) is 0 Å². The maximum Gasteiger partial charge on any atom is 0.168 e. The summed E-state index contributed by atoms with van der Waals surface area (Å²) in [7, 11) is -0.648. The van der Waals surface area contributed by atoms with Gasteiger partial charge in [0.1, 0.15) is 0 Å². The molecule has 166 valence electrons. The zero-order chi connectivity index (χ0) is 22.8. The summed E-state index contributed by atoms with van der Waals surface area (Å²) in [4.78, 5) is 5.01. The first-order valence-electron chi connectivity index (χ1n) is 11.4. The third kappa shape index (κ3) is 4.40. The SMILES string of the molecule is CC(C)Sc1nc2ccccc2n1[C@H](C)[c-]1cccc1P(c1ccccc1)c1ccccc1. The van der Waals surface area contributed by atoms with Crippen molar-refractivity contribution >= 4 is 46.6 Å². The van der Waals surface area contributed by atoms with Crippen LogP contribution in [-0.2, 0) is 0 Å². The molecule has 1 aromatic heterocycles. The van der Waals surface area contributed by atoms with E-state index in [9.17, 15) is 0 Å². The number of rotatable bonds is 7. The van der Waals surface area contributed by atoms with Crippen LogP contribution in [0.1, 0.15) is 32.4 Å². The molecule has 0 fully saturated rings. The largest absolute Gasteiger partial charge is 0.323 e. The van der Waals surface area contributed by atoms with Crippen molar-refractivity contribution in [1.82, 2.24) is 9.55 Å². The van der Waals surface area contributed by atoms with Crippen molar-refractivity contribution in [3.05, 3.63) is 109 Å². The summed E-state index contributed by atoms with van der Waals surface area (Å²) in [5, 5.41) is 5.75. The van der Waals surface area contributed by atoms with Gasteiger partial charge in [-0.3, -0.25) is 0 Å². The third-order valence-electron chi connectivity index (χ3n) is 5.84. The van der Waals surface area contributed by atoms with Gasteiger partial charge in [0.05, 0.1) is 11.0 Å². The molecule has 0 aliphatic rings. The van der Waals surface area contributed by atoms with Crippen LogP contribution >= 0.6 is 19.7 Å². The lowest BCUT2D eigenvalue weighted by molar-refractivity contribution is 0.603. The molecule has 0 unspecified atom stereocenters. The minimum atomic E-state index is -0.648. The first-order chi connectivity index (χ1) is 16.1. The molecule has 4 heteroatoms. The fourth-order valence-corrected chi connectivity index (χ4v) is 7.88. The Morgan fingerprint density at radius 1 is 0.758 bits per heavy atom. The molecule has 0 saturated carbocycles. The van der Waals surface area contributed by atoms with Crippen molar-refractivity contribution in [2.75, 3.05) is 0 Å². The maximum atomic E-state index is 5.01. The lowest BCUT2D eigenvalue weighted by atomic mass is 10.1. The van der Waals surface area contributed by atoms with Gasteiger partial charge in [-0.1, -0.05) is 105 Å². The first-order valence-corrected chi connectivity index (χ1v) is 13.6. The van der Waals surface area contributed by atoms with Gasteiger partial charge in [0.25, 0.3) is 0 Å². The second kappa shape index (κ2) is 9.63. The van der Waals surface area contributed by atoms with Crippen molar-refractivity contribution in [2.45, 2.75) is 37.2 Å². The first kappa shape index (κ1) is 22.1. The van der Waals surface area contributed by atoms with E-state index in [1.807, 2.05) is 11.8 Å². The summed E-state index contributed by atoms with van der Waals surface area (Å²) in [5.41, 5.74) is 3.64. The summed E-state index contributed by atoms with van der Waals surface area (Å²) >= 11 is 1.84. The van der Waals surface area contributed by atoms with Gasteiger partial charge in [-0.05, 0) is 30.7 Å². The number of hydrogen-bond donors (Lipinski definition) is 0. The highest BCUT2D eigenvalue weighted by Gasteiger charge is 2.21. The normalized spacial score (nSPS) is 12.6. The van der Waals surface area contributed by atoms with Gasteiger partial charge in [0.2, 0.25) is 0 Å². The zero-order valence-electron chi connectivity index (χ0n) is 19.2. The van der Waals surface area contributed by atoms with E-state index in [1.54, 1.807) is 0 Å². The number of benzene rings is 3. The molecule has 0 amide bonds. The fraction of sp³-hybridized carbons (Fsp3) is 0.172. The van der Waals surface area contributed by atoms with Crippen LogP contribution in [-0.4, -0.2) is 14.8 Å². The molecular weight excluding hydrogens is 439 g/mol. The molecule has 0 spiro atoms. The molecule has 1 heterocycles. The summed E-state index contributed by atoms with van der Waals surface area (Å²) in [6.07, 6.45) is 0. The monoisotopic (exact) mass is 467 g/mol. The Hall–Kier alpha value is -2.74. The summed E-state index contributed by atoms with van der Waals surface area (Å²) < 4.78 is 2.43. The van der Waals surface area contributed by atoms with Gasteiger partial charge < -0.3 is 4.57 Å². The van der Waals surface area contributed by atoms with Gasteiger partial charge >= 0.3 is 0 Å². The van der Waals surface area contributed by atoms with Gasteiger partial charge in [0.15, 0.2) is 5.16 Å². The predicted octanol–water partition coefficient (Wildman–Crippen LogP) is 6.62. The highest BCUT2D eigenvalue weighted by molar-refractivity contribution is 7.99. The van der Waals surface area contributed by atoms with Crippen LogP contribution in [0.25, 0.3) is 11.0 Å². The van der Waals surface area contributed by atoms with E-state index in [2.05, 4.69) is 128 Å². The standard InChI is InChI=1S/C29H28N2PS/c1-21(2)33-29-30-26-18-10-11-19-27(26)31(29)22(3)25-17-12-20-28(25)32(23-13-6-4-7-14-23)24-15-8-5-9-16-24/h4-22H,1-3H3/q-1/t22-/m1/s1. The number of thioether (sulfide) groups is 1. The van der Waals surface area contributed by atoms with Crippen LogP contribution in [0, 0.1) is 0 Å². The maximum absolute atomic E-state index is 5.01. The zero-order valence-corrected chi connectivity index (χ0v) is 20.9. The molecule has 0 bridgehead atoms. The van der Waals surface area contributed by atoms with Gasteiger partial charge in [-0.15, -0.1) is 10.9 Å². The summed E-state index contributed by atoms with van der Waals surface area (Å²) in [6.45, 7) is 6.79. The van der Waals surface area contributed by atoms with Crippen LogP contribution in [0.15, 0.2) is 108 Å². The summed E-state index contributed by atoms with van der Waals surface area (Å²) in [5.74, 6) is 0. The predicted molar refractivity (Wildman–Crippen MR) is 145 cm³/mol. The highest BCUT2D eigenvalue weighted by Crippen LogP contribution is 2.39. The van der Waals surface area contributed by atoms with Gasteiger partial charge in [0, 0.05) is 11.3 Å². The van der Waals surface area contributed by atoms with E-state index in [4.69, 9.17) is 4.98 Å². The number of fused-ring (bicyclic) bond motifs is 1. The molecule has 0 N–H and O–H groups in total. The number of imidazole rings is 1. The second-order valence-electron chi connectivity index (χ2n) is 8.47. The van der Waals surface area contributed by atoms with Crippen molar-refractivity contribution in [3.63, 3.8) is 0 Å². The second-order valence-corrected chi connectivity index (χ2v) is 12.2. The number of hydrogen-bond acceptors (Lipinski definition) is 2. The average Bonchev–Trinajstić information content (AvgIpc) is 3.44. The Labute approximate surface area is 201 Å². The lowest BCUT2D eigenvalue weighted by Gasteiger charge is -2.29.